The Morgan fingerprint density at radius 2 is 1.72 bits per heavy atom. The van der Waals surface area contributed by atoms with Gasteiger partial charge in [-0.1, -0.05) is 43.1 Å². The number of hydrogen-bond donors (Lipinski definition) is 1. The quantitative estimate of drug-likeness (QED) is 0.247. The molecule has 0 fully saturated rings. The number of benzene rings is 2. The van der Waals surface area contributed by atoms with E-state index in [0.29, 0.717) is 29.0 Å². The summed E-state index contributed by atoms with van der Waals surface area (Å²) in [7, 11) is 0. The molecule has 4 nitrogen and oxygen atoms in total. The van der Waals surface area contributed by atoms with E-state index in [1.54, 1.807) is 12.1 Å². The highest BCUT2D eigenvalue weighted by atomic mass is 79.9. The third kappa shape index (κ3) is 10.3. The summed E-state index contributed by atoms with van der Waals surface area (Å²) in [4.78, 5) is 2.44. The van der Waals surface area contributed by atoms with Crippen LogP contribution in [0, 0.1) is 0 Å². The first kappa shape index (κ1) is 31.6. The fraction of sp³-hybridized carbons (Fsp3) is 0.478. The van der Waals surface area contributed by atoms with Gasteiger partial charge < -0.3 is 19.7 Å². The average Bonchev–Trinajstić information content (AvgIpc) is 2.71. The number of halogens is 5. The molecule has 0 radical (unpaired) electrons. The number of ether oxygens (including phenoxy) is 2. The van der Waals surface area contributed by atoms with E-state index in [4.69, 9.17) is 32.7 Å². The molecular formula is C23H33BrCl4N2O2. The highest BCUT2D eigenvalue weighted by molar-refractivity contribution is 9.10. The Labute approximate surface area is 223 Å². The van der Waals surface area contributed by atoms with Gasteiger partial charge in [-0.3, -0.25) is 0 Å². The van der Waals surface area contributed by atoms with Gasteiger partial charge in [-0.25, -0.2) is 0 Å². The van der Waals surface area contributed by atoms with Crippen LogP contribution in [-0.4, -0.2) is 37.7 Å². The Balaban J connectivity index is 0.00000480. The summed E-state index contributed by atoms with van der Waals surface area (Å²) in [5.41, 5.74) is 2.01. The average molecular weight is 591 g/mol. The second-order valence-corrected chi connectivity index (χ2v) is 8.62. The van der Waals surface area contributed by atoms with E-state index in [-0.39, 0.29) is 24.8 Å². The van der Waals surface area contributed by atoms with Gasteiger partial charge in [0.1, 0.15) is 6.61 Å². The zero-order chi connectivity index (χ0) is 21.9. The fourth-order valence-electron chi connectivity index (χ4n) is 3.12. The highest BCUT2D eigenvalue weighted by Crippen LogP contribution is 2.38. The van der Waals surface area contributed by atoms with Crippen molar-refractivity contribution in [2.24, 2.45) is 0 Å². The summed E-state index contributed by atoms with van der Waals surface area (Å²) in [6.45, 7) is 12.3. The van der Waals surface area contributed by atoms with Crippen molar-refractivity contribution in [1.29, 1.82) is 0 Å². The molecule has 0 unspecified atom stereocenters. The van der Waals surface area contributed by atoms with E-state index in [0.717, 1.165) is 60.5 Å². The van der Waals surface area contributed by atoms with E-state index < -0.39 is 0 Å². The number of hydrogen-bond acceptors (Lipinski definition) is 4. The molecule has 0 saturated carbocycles. The predicted octanol–water partition coefficient (Wildman–Crippen LogP) is 7.40. The smallest absolute Gasteiger partial charge is 0.175 e. The Hall–Kier alpha value is -0.400. The standard InChI is InChI=1S/C23H31BrCl2N2O2.2ClH/c1-4-28(5-2)11-7-10-27-15-17-12-20(24)23(22(13-17)29-6-3)30-16-18-8-9-19(25)14-21(18)26;;/h8-9,12-14,27H,4-7,10-11,15-16H2,1-3H3;2*1H. The van der Waals surface area contributed by atoms with Crippen LogP contribution in [0.15, 0.2) is 34.8 Å². The van der Waals surface area contributed by atoms with Crippen molar-refractivity contribution < 1.29 is 9.47 Å². The molecular weight excluding hydrogens is 558 g/mol. The minimum Gasteiger partial charge on any atom is -0.490 e. The Kier molecular flexibility index (Phi) is 16.9. The molecule has 1 N–H and O–H groups in total. The number of rotatable bonds is 13. The predicted molar refractivity (Wildman–Crippen MR) is 145 cm³/mol. The minimum absolute atomic E-state index is 0. The van der Waals surface area contributed by atoms with Crippen molar-refractivity contribution in [3.05, 3.63) is 56.0 Å². The largest absolute Gasteiger partial charge is 0.490 e. The lowest BCUT2D eigenvalue weighted by Gasteiger charge is -2.18. The molecule has 182 valence electrons. The molecule has 2 rings (SSSR count). The van der Waals surface area contributed by atoms with Gasteiger partial charge in [0.2, 0.25) is 0 Å². The summed E-state index contributed by atoms with van der Waals surface area (Å²) < 4.78 is 12.8. The van der Waals surface area contributed by atoms with Gasteiger partial charge in [0.05, 0.1) is 11.1 Å². The van der Waals surface area contributed by atoms with E-state index >= 15 is 0 Å². The summed E-state index contributed by atoms with van der Waals surface area (Å²) in [5, 5.41) is 4.71. The summed E-state index contributed by atoms with van der Waals surface area (Å²) in [6, 6.07) is 9.49. The number of nitrogens with one attached hydrogen (secondary N) is 1. The molecule has 0 atom stereocenters. The molecule has 2 aromatic carbocycles. The van der Waals surface area contributed by atoms with Gasteiger partial charge in [0.25, 0.3) is 0 Å². The van der Waals surface area contributed by atoms with Crippen molar-refractivity contribution in [2.75, 3.05) is 32.8 Å². The lowest BCUT2D eigenvalue weighted by Crippen LogP contribution is -2.27. The molecule has 0 aliphatic heterocycles. The molecule has 32 heavy (non-hydrogen) atoms. The highest BCUT2D eigenvalue weighted by Gasteiger charge is 2.13. The van der Waals surface area contributed by atoms with Crippen LogP contribution in [0.25, 0.3) is 0 Å². The molecule has 0 aliphatic rings. The maximum atomic E-state index is 6.26. The fourth-order valence-corrected chi connectivity index (χ4v) is 4.18. The Morgan fingerprint density at radius 1 is 1.00 bits per heavy atom. The first-order chi connectivity index (χ1) is 14.5. The van der Waals surface area contributed by atoms with E-state index in [2.05, 4.69) is 46.1 Å². The molecule has 9 heteroatoms. The van der Waals surface area contributed by atoms with Crippen LogP contribution in [0.1, 0.15) is 38.3 Å². The maximum absolute atomic E-state index is 6.26. The van der Waals surface area contributed by atoms with E-state index in [1.807, 2.05) is 19.1 Å². The zero-order valence-electron chi connectivity index (χ0n) is 18.8. The second kappa shape index (κ2) is 17.1. The van der Waals surface area contributed by atoms with Crippen LogP contribution in [0.2, 0.25) is 10.0 Å². The Morgan fingerprint density at radius 3 is 2.34 bits per heavy atom. The number of nitrogens with zero attached hydrogens (tertiary/aromatic N) is 1. The summed E-state index contributed by atoms with van der Waals surface area (Å²) in [5.74, 6) is 1.39. The summed E-state index contributed by atoms with van der Waals surface area (Å²) >= 11 is 15.9. The van der Waals surface area contributed by atoms with Crippen LogP contribution in [0.3, 0.4) is 0 Å². The van der Waals surface area contributed by atoms with Gasteiger partial charge in [-0.2, -0.15) is 0 Å². The van der Waals surface area contributed by atoms with Gasteiger partial charge >= 0.3 is 0 Å². The SMILES string of the molecule is CCOc1cc(CNCCCN(CC)CC)cc(Br)c1OCc1ccc(Cl)cc1Cl.Cl.Cl. The molecule has 0 heterocycles. The van der Waals surface area contributed by atoms with Crippen LogP contribution in [0.4, 0.5) is 0 Å². The van der Waals surface area contributed by atoms with Gasteiger partial charge in [0.15, 0.2) is 11.5 Å². The third-order valence-electron chi connectivity index (χ3n) is 4.81. The lowest BCUT2D eigenvalue weighted by atomic mass is 10.2. The van der Waals surface area contributed by atoms with Gasteiger partial charge in [0, 0.05) is 22.2 Å². The Bertz CT molecular complexity index is 808. The molecule has 0 bridgehead atoms. The molecule has 0 spiro atoms. The van der Waals surface area contributed by atoms with E-state index in [1.165, 1.54) is 0 Å². The lowest BCUT2D eigenvalue weighted by molar-refractivity contribution is 0.267. The van der Waals surface area contributed by atoms with E-state index in [9.17, 15) is 0 Å². The molecule has 0 amide bonds. The van der Waals surface area contributed by atoms with Crippen LogP contribution < -0.4 is 14.8 Å². The van der Waals surface area contributed by atoms with Gasteiger partial charge in [-0.05, 0) is 85.3 Å². The van der Waals surface area contributed by atoms with Crippen molar-refractivity contribution in [3.8, 4) is 11.5 Å². The van der Waals surface area contributed by atoms with Crippen molar-refractivity contribution in [2.45, 2.75) is 40.3 Å². The topological polar surface area (TPSA) is 33.7 Å². The van der Waals surface area contributed by atoms with Crippen LogP contribution in [-0.2, 0) is 13.2 Å². The van der Waals surface area contributed by atoms with Crippen LogP contribution >= 0.6 is 63.9 Å². The van der Waals surface area contributed by atoms with Crippen molar-refractivity contribution in [1.82, 2.24) is 10.2 Å². The molecule has 0 aliphatic carbocycles. The second-order valence-electron chi connectivity index (χ2n) is 6.92. The molecule has 0 aromatic heterocycles. The zero-order valence-corrected chi connectivity index (χ0v) is 23.5. The first-order valence-corrected chi connectivity index (χ1v) is 12.0. The van der Waals surface area contributed by atoms with Crippen LogP contribution in [0.5, 0.6) is 11.5 Å². The van der Waals surface area contributed by atoms with Crippen molar-refractivity contribution >= 4 is 63.9 Å². The minimum atomic E-state index is 0. The molecule has 2 aromatic rings. The normalized spacial score (nSPS) is 10.5. The van der Waals surface area contributed by atoms with Crippen molar-refractivity contribution in [3.63, 3.8) is 0 Å². The monoisotopic (exact) mass is 588 g/mol. The van der Waals surface area contributed by atoms with Gasteiger partial charge in [-0.15, -0.1) is 24.8 Å². The third-order valence-corrected chi connectivity index (χ3v) is 5.98. The maximum Gasteiger partial charge on any atom is 0.175 e. The first-order valence-electron chi connectivity index (χ1n) is 10.4. The summed E-state index contributed by atoms with van der Waals surface area (Å²) in [6.07, 6.45) is 1.13. The molecule has 0 saturated heterocycles.